The molecule has 0 amide bonds. The predicted octanol–water partition coefficient (Wildman–Crippen LogP) is -0.818. The predicted molar refractivity (Wildman–Crippen MR) is 64.8 cm³/mol. The van der Waals surface area contributed by atoms with Crippen LogP contribution < -0.4 is 9.55 Å². The van der Waals surface area contributed by atoms with Gasteiger partial charge in [-0.3, -0.25) is 0 Å². The van der Waals surface area contributed by atoms with E-state index in [0.29, 0.717) is 5.75 Å². The highest BCUT2D eigenvalue weighted by Crippen LogP contribution is 2.19. The third kappa shape index (κ3) is 3.32. The fraction of sp³-hybridized carbons (Fsp3) is 0.500. The summed E-state index contributed by atoms with van der Waals surface area (Å²) in [6, 6.07) is 3.31. The quantitative estimate of drug-likeness (QED) is 0.669. The van der Waals surface area contributed by atoms with Gasteiger partial charge in [-0.15, -0.1) is 0 Å². The molecule has 6 nitrogen and oxygen atoms in total. The van der Waals surface area contributed by atoms with Crippen LogP contribution in [0.4, 0.5) is 5.82 Å². The van der Waals surface area contributed by atoms with E-state index in [1.54, 1.807) is 18.3 Å². The minimum Gasteiger partial charge on any atom is -0.512 e. The van der Waals surface area contributed by atoms with Crippen molar-refractivity contribution < 1.29 is 14.7 Å². The molecule has 0 aliphatic carbocycles. The fourth-order valence-corrected chi connectivity index (χ4v) is 1.80. The summed E-state index contributed by atoms with van der Waals surface area (Å²) in [5.74, 6) is 1.21. The first-order valence-corrected chi connectivity index (χ1v) is 5.57. The van der Waals surface area contributed by atoms with Crippen molar-refractivity contribution in [2.45, 2.75) is 0 Å². The lowest BCUT2D eigenvalue weighted by Crippen LogP contribution is -2.44. The summed E-state index contributed by atoms with van der Waals surface area (Å²) >= 11 is 0. The van der Waals surface area contributed by atoms with Crippen molar-refractivity contribution in [3.63, 3.8) is 0 Å². The van der Waals surface area contributed by atoms with Crippen molar-refractivity contribution in [2.75, 3.05) is 38.1 Å². The van der Waals surface area contributed by atoms with Crippen molar-refractivity contribution in [1.82, 2.24) is 9.88 Å². The number of piperazine rings is 1. The van der Waals surface area contributed by atoms with Crippen LogP contribution in [0.1, 0.15) is 0 Å². The second-order valence-corrected chi connectivity index (χ2v) is 4.08. The number of rotatable bonds is 3. The highest BCUT2D eigenvalue weighted by atomic mass is 16.6. The molecule has 1 aliphatic rings. The Labute approximate surface area is 101 Å². The summed E-state index contributed by atoms with van der Waals surface area (Å²) in [5, 5.41) is 17.5. The summed E-state index contributed by atoms with van der Waals surface area (Å²) < 4.78 is 4.80. The molecule has 1 aromatic heterocycles. The Morgan fingerprint density at radius 1 is 1.29 bits per heavy atom. The fourth-order valence-electron chi connectivity index (χ4n) is 1.80. The van der Waals surface area contributed by atoms with Gasteiger partial charge < -0.3 is 24.5 Å². The minimum atomic E-state index is -1.79. The Bertz CT molecular complexity index is 370. The molecule has 2 rings (SSSR count). The molecule has 2 heterocycles. The first kappa shape index (κ1) is 12.2. The molecule has 0 radical (unpaired) electrons. The van der Waals surface area contributed by atoms with Crippen LogP contribution in [0.5, 0.6) is 5.75 Å². The number of aromatic nitrogens is 1. The molecule has 7 heteroatoms. The molecule has 0 spiro atoms. The zero-order chi connectivity index (χ0) is 12.3. The van der Waals surface area contributed by atoms with E-state index in [1.165, 1.54) is 0 Å². The first-order valence-electron chi connectivity index (χ1n) is 5.57. The molecular formula is C10H16BN3O3. The van der Waals surface area contributed by atoms with Crippen molar-refractivity contribution in [1.29, 1.82) is 0 Å². The van der Waals surface area contributed by atoms with Gasteiger partial charge in [-0.25, -0.2) is 4.98 Å². The Balaban J connectivity index is 2.05. The molecule has 0 unspecified atom stereocenters. The molecule has 1 aliphatic heterocycles. The summed E-state index contributed by atoms with van der Waals surface area (Å²) in [7, 11) is 0.296. The SMILES string of the molecule is CN1CCN(c2cc(OB(O)O)ccn2)CC1. The number of likely N-dealkylation sites (N-methyl/N-ethyl adjacent to an activating group) is 1. The van der Waals surface area contributed by atoms with Gasteiger partial charge >= 0.3 is 7.32 Å². The Kier molecular flexibility index (Phi) is 3.83. The third-order valence-electron chi connectivity index (χ3n) is 2.79. The molecule has 92 valence electrons. The minimum absolute atomic E-state index is 0.406. The molecule has 0 saturated carbocycles. The molecule has 0 atom stereocenters. The van der Waals surface area contributed by atoms with Crippen LogP contribution in [-0.4, -0.2) is 60.5 Å². The van der Waals surface area contributed by atoms with Crippen molar-refractivity contribution >= 4 is 13.1 Å². The number of anilines is 1. The van der Waals surface area contributed by atoms with Gasteiger partial charge in [0, 0.05) is 38.4 Å². The number of hydrogen-bond donors (Lipinski definition) is 2. The third-order valence-corrected chi connectivity index (χ3v) is 2.79. The summed E-state index contributed by atoms with van der Waals surface area (Å²) in [6.45, 7) is 3.81. The van der Waals surface area contributed by atoms with E-state index in [1.807, 2.05) is 0 Å². The van der Waals surface area contributed by atoms with E-state index in [4.69, 9.17) is 14.7 Å². The van der Waals surface area contributed by atoms with E-state index >= 15 is 0 Å². The maximum atomic E-state index is 8.73. The number of pyridine rings is 1. The number of hydrogen-bond acceptors (Lipinski definition) is 6. The van der Waals surface area contributed by atoms with E-state index in [-0.39, 0.29) is 0 Å². The number of nitrogens with zero attached hydrogens (tertiary/aromatic N) is 3. The van der Waals surface area contributed by atoms with E-state index < -0.39 is 7.32 Å². The lowest BCUT2D eigenvalue weighted by Gasteiger charge is -2.33. The average molecular weight is 237 g/mol. The molecule has 0 aromatic carbocycles. The van der Waals surface area contributed by atoms with Crippen LogP contribution in [0.25, 0.3) is 0 Å². The van der Waals surface area contributed by atoms with Gasteiger partial charge in [0.2, 0.25) is 0 Å². The second-order valence-electron chi connectivity index (χ2n) is 4.08. The van der Waals surface area contributed by atoms with Crippen molar-refractivity contribution in [3.05, 3.63) is 18.3 Å². The Morgan fingerprint density at radius 3 is 2.65 bits per heavy atom. The van der Waals surface area contributed by atoms with Crippen LogP contribution in [0.3, 0.4) is 0 Å². The molecule has 2 N–H and O–H groups in total. The zero-order valence-electron chi connectivity index (χ0n) is 9.78. The van der Waals surface area contributed by atoms with Crippen LogP contribution in [0, 0.1) is 0 Å². The van der Waals surface area contributed by atoms with Crippen LogP contribution in [0.2, 0.25) is 0 Å². The van der Waals surface area contributed by atoms with Crippen LogP contribution in [-0.2, 0) is 0 Å². The summed E-state index contributed by atoms with van der Waals surface area (Å²) in [6.07, 6.45) is 1.60. The molecule has 0 bridgehead atoms. The molecule has 17 heavy (non-hydrogen) atoms. The normalized spacial score (nSPS) is 17.0. The average Bonchev–Trinajstić information content (AvgIpc) is 2.29. The molecular weight excluding hydrogens is 221 g/mol. The van der Waals surface area contributed by atoms with Gasteiger partial charge in [-0.2, -0.15) is 0 Å². The van der Waals surface area contributed by atoms with E-state index in [0.717, 1.165) is 32.0 Å². The lowest BCUT2D eigenvalue weighted by atomic mass is 10.2. The van der Waals surface area contributed by atoms with Gasteiger partial charge in [0.15, 0.2) is 0 Å². The van der Waals surface area contributed by atoms with Crippen LogP contribution in [0.15, 0.2) is 18.3 Å². The van der Waals surface area contributed by atoms with E-state index in [2.05, 4.69) is 21.8 Å². The van der Waals surface area contributed by atoms with Crippen molar-refractivity contribution in [2.24, 2.45) is 0 Å². The van der Waals surface area contributed by atoms with Gasteiger partial charge in [0.05, 0.1) is 0 Å². The van der Waals surface area contributed by atoms with E-state index in [9.17, 15) is 0 Å². The highest BCUT2D eigenvalue weighted by Gasteiger charge is 2.17. The standard InChI is InChI=1S/C10H16BN3O3/c1-13-4-6-14(7-5-13)10-8-9(2-3-12-10)17-11(15)16/h2-3,8,15-16H,4-7H2,1H3. The monoisotopic (exact) mass is 237 g/mol. The Morgan fingerprint density at radius 2 is 2.00 bits per heavy atom. The van der Waals surface area contributed by atoms with Gasteiger partial charge in [0.25, 0.3) is 0 Å². The first-order chi connectivity index (χ1) is 8.15. The second kappa shape index (κ2) is 5.35. The highest BCUT2D eigenvalue weighted by molar-refractivity contribution is 6.33. The lowest BCUT2D eigenvalue weighted by molar-refractivity contribution is 0.288. The largest absolute Gasteiger partial charge is 0.707 e. The molecule has 1 saturated heterocycles. The smallest absolute Gasteiger partial charge is 0.512 e. The molecule has 1 aromatic rings. The topological polar surface area (TPSA) is 69.1 Å². The van der Waals surface area contributed by atoms with Crippen molar-refractivity contribution in [3.8, 4) is 5.75 Å². The van der Waals surface area contributed by atoms with Crippen LogP contribution >= 0.6 is 0 Å². The zero-order valence-corrected chi connectivity index (χ0v) is 9.78. The van der Waals surface area contributed by atoms with Gasteiger partial charge in [-0.1, -0.05) is 0 Å². The Hall–Kier alpha value is -1.31. The van der Waals surface area contributed by atoms with Gasteiger partial charge in [-0.05, 0) is 13.1 Å². The molecule has 1 fully saturated rings. The maximum Gasteiger partial charge on any atom is 0.707 e. The van der Waals surface area contributed by atoms with Gasteiger partial charge in [0.1, 0.15) is 11.6 Å². The summed E-state index contributed by atoms with van der Waals surface area (Å²) in [4.78, 5) is 8.67. The summed E-state index contributed by atoms with van der Waals surface area (Å²) in [5.41, 5.74) is 0. The maximum absolute atomic E-state index is 8.73.